The van der Waals surface area contributed by atoms with Crippen LogP contribution in [-0.4, -0.2) is 24.0 Å². The first kappa shape index (κ1) is 20.9. The molecule has 0 saturated heterocycles. The lowest BCUT2D eigenvalue weighted by Gasteiger charge is -2.14. The van der Waals surface area contributed by atoms with Crippen LogP contribution in [-0.2, 0) is 13.1 Å². The van der Waals surface area contributed by atoms with Gasteiger partial charge in [0.25, 0.3) is 5.91 Å². The lowest BCUT2D eigenvalue weighted by molar-refractivity contribution is 0.0951. The van der Waals surface area contributed by atoms with E-state index in [2.05, 4.69) is 10.4 Å². The maximum absolute atomic E-state index is 12.5. The van der Waals surface area contributed by atoms with Crippen molar-refractivity contribution >= 4 is 11.7 Å². The number of carbonyl (C=O) groups is 1. The van der Waals surface area contributed by atoms with E-state index in [1.54, 1.807) is 31.4 Å². The van der Waals surface area contributed by atoms with Crippen molar-refractivity contribution in [2.75, 3.05) is 7.11 Å². The van der Waals surface area contributed by atoms with E-state index in [0.29, 0.717) is 24.2 Å². The van der Waals surface area contributed by atoms with Gasteiger partial charge in [0.15, 0.2) is 5.84 Å². The highest BCUT2D eigenvalue weighted by Crippen LogP contribution is 2.12. The Labute approximate surface area is 175 Å². The van der Waals surface area contributed by atoms with Crippen LogP contribution >= 0.6 is 0 Å². The first-order valence-electron chi connectivity index (χ1n) is 9.47. The topological polar surface area (TPSA) is 106 Å². The third-order valence-electron chi connectivity index (χ3n) is 4.46. The quantitative estimate of drug-likeness (QED) is 0.232. The van der Waals surface area contributed by atoms with Crippen molar-refractivity contribution in [3.05, 3.63) is 101 Å². The molecule has 0 aliphatic heterocycles. The minimum Gasteiger partial charge on any atom is -0.497 e. The number of amides is 1. The molecule has 0 aromatic heterocycles. The fourth-order valence-electron chi connectivity index (χ4n) is 2.85. The van der Waals surface area contributed by atoms with Gasteiger partial charge in [0.05, 0.1) is 13.7 Å². The zero-order chi connectivity index (χ0) is 21.3. The van der Waals surface area contributed by atoms with Gasteiger partial charge in [-0.3, -0.25) is 4.79 Å². The fourth-order valence-corrected chi connectivity index (χ4v) is 2.85. The van der Waals surface area contributed by atoms with Crippen molar-refractivity contribution in [3.63, 3.8) is 0 Å². The monoisotopic (exact) mass is 403 g/mol. The second-order valence-electron chi connectivity index (χ2n) is 6.68. The lowest BCUT2D eigenvalue weighted by Crippen LogP contribution is -2.29. The molecule has 0 radical (unpaired) electrons. The molecule has 7 nitrogen and oxygen atoms in total. The molecule has 0 bridgehead atoms. The number of methoxy groups -OCH3 is 1. The summed E-state index contributed by atoms with van der Waals surface area (Å²) in [5, 5.41) is 8.38. The van der Waals surface area contributed by atoms with Crippen LogP contribution in [0.2, 0.25) is 0 Å². The van der Waals surface area contributed by atoms with Gasteiger partial charge >= 0.3 is 0 Å². The molecule has 154 valence electrons. The Morgan fingerprint density at radius 3 is 2.37 bits per heavy atom. The predicted octanol–water partition coefficient (Wildman–Crippen LogP) is 2.62. The number of nitrogens with two attached hydrogens (primary N) is 2. The molecule has 0 aliphatic carbocycles. The highest BCUT2D eigenvalue weighted by atomic mass is 16.5. The van der Waals surface area contributed by atoms with E-state index in [0.717, 1.165) is 16.9 Å². The molecule has 0 aliphatic rings. The Hall–Kier alpha value is -3.84. The number of hydrazine groups is 1. The molecule has 30 heavy (non-hydrogen) atoms. The summed E-state index contributed by atoms with van der Waals surface area (Å²) in [4.78, 5) is 12.5. The lowest BCUT2D eigenvalue weighted by atomic mass is 10.1. The van der Waals surface area contributed by atoms with Crippen LogP contribution in [0, 0.1) is 0 Å². The van der Waals surface area contributed by atoms with Gasteiger partial charge in [-0.1, -0.05) is 54.6 Å². The average Bonchev–Trinajstić information content (AvgIpc) is 2.78. The van der Waals surface area contributed by atoms with Crippen molar-refractivity contribution < 1.29 is 9.53 Å². The molecular weight excluding hydrogens is 378 g/mol. The summed E-state index contributed by atoms with van der Waals surface area (Å²) in [5.74, 6) is 6.79. The second kappa shape index (κ2) is 10.1. The van der Waals surface area contributed by atoms with Gasteiger partial charge in [-0.15, -0.1) is 5.10 Å². The van der Waals surface area contributed by atoms with Crippen LogP contribution in [0.15, 0.2) is 84.0 Å². The second-order valence-corrected chi connectivity index (χ2v) is 6.68. The van der Waals surface area contributed by atoms with Gasteiger partial charge < -0.3 is 15.8 Å². The average molecular weight is 403 g/mol. The molecule has 0 saturated carbocycles. The number of carbonyl (C=O) groups excluding carboxylic acids is 1. The molecule has 0 unspecified atom stereocenters. The molecule has 3 aromatic rings. The van der Waals surface area contributed by atoms with Crippen molar-refractivity contribution in [1.29, 1.82) is 0 Å². The molecule has 3 rings (SSSR count). The first-order chi connectivity index (χ1) is 14.5. The van der Waals surface area contributed by atoms with E-state index in [1.165, 1.54) is 5.12 Å². The maximum Gasteiger partial charge on any atom is 0.251 e. The molecule has 7 heteroatoms. The maximum atomic E-state index is 12.5. The third kappa shape index (κ3) is 5.83. The van der Waals surface area contributed by atoms with Crippen molar-refractivity contribution in [3.8, 4) is 5.75 Å². The summed E-state index contributed by atoms with van der Waals surface area (Å²) in [6.07, 6.45) is 0. The van der Waals surface area contributed by atoms with Crippen LogP contribution in [0.5, 0.6) is 5.75 Å². The van der Waals surface area contributed by atoms with E-state index < -0.39 is 0 Å². The number of hydrogen-bond donors (Lipinski definition) is 3. The molecule has 3 aromatic carbocycles. The number of amidine groups is 1. The van der Waals surface area contributed by atoms with Crippen LogP contribution in [0.1, 0.15) is 27.0 Å². The highest BCUT2D eigenvalue weighted by Gasteiger charge is 2.09. The Morgan fingerprint density at radius 2 is 1.67 bits per heavy atom. The van der Waals surface area contributed by atoms with E-state index in [-0.39, 0.29) is 11.7 Å². The predicted molar refractivity (Wildman–Crippen MR) is 118 cm³/mol. The Balaban J connectivity index is 1.63. The number of rotatable bonds is 8. The summed E-state index contributed by atoms with van der Waals surface area (Å²) < 4.78 is 5.14. The number of nitrogens with one attached hydrogen (secondary N) is 1. The van der Waals surface area contributed by atoms with Crippen LogP contribution < -0.4 is 21.6 Å². The van der Waals surface area contributed by atoms with Gasteiger partial charge in [-0.05, 0) is 35.4 Å². The van der Waals surface area contributed by atoms with Crippen LogP contribution in [0.3, 0.4) is 0 Å². The number of hydrogen-bond acceptors (Lipinski definition) is 5. The fraction of sp³-hybridized carbons (Fsp3) is 0.130. The summed E-state index contributed by atoms with van der Waals surface area (Å²) in [5.41, 5.74) is 9.21. The van der Waals surface area contributed by atoms with Gasteiger partial charge in [0.2, 0.25) is 0 Å². The summed E-state index contributed by atoms with van der Waals surface area (Å²) in [6.45, 7) is 0.827. The molecule has 0 spiro atoms. The SMILES string of the molecule is COc1ccc(CN(N)/N=C(\N)c2cccc(C(=O)NCc3ccccc3)c2)cc1. The molecule has 0 atom stereocenters. The molecule has 0 fully saturated rings. The summed E-state index contributed by atoms with van der Waals surface area (Å²) in [7, 11) is 1.62. The van der Waals surface area contributed by atoms with Crippen molar-refractivity contribution in [2.45, 2.75) is 13.1 Å². The minimum absolute atomic E-state index is 0.184. The summed E-state index contributed by atoms with van der Waals surface area (Å²) in [6, 6.07) is 24.2. The molecule has 5 N–H and O–H groups in total. The smallest absolute Gasteiger partial charge is 0.251 e. The Bertz CT molecular complexity index is 1000. The standard InChI is InChI=1S/C23H25N5O2/c1-30-21-12-10-18(11-13-21)16-28(25)27-22(24)19-8-5-9-20(14-19)23(29)26-15-17-6-3-2-4-7-17/h2-14H,15-16,25H2,1H3,(H2,24,27)(H,26,29). The van der Waals surface area contributed by atoms with E-state index in [9.17, 15) is 4.79 Å². The van der Waals surface area contributed by atoms with Gasteiger partial charge in [0, 0.05) is 17.7 Å². The van der Waals surface area contributed by atoms with Gasteiger partial charge in [0.1, 0.15) is 5.75 Å². The van der Waals surface area contributed by atoms with Crippen molar-refractivity contribution in [2.24, 2.45) is 16.7 Å². The highest BCUT2D eigenvalue weighted by molar-refractivity contribution is 6.01. The Kier molecular flexibility index (Phi) is 7.02. The van der Waals surface area contributed by atoms with Gasteiger partial charge in [-0.25, -0.2) is 11.0 Å². The third-order valence-corrected chi connectivity index (χ3v) is 4.46. The van der Waals surface area contributed by atoms with E-state index in [4.69, 9.17) is 16.3 Å². The van der Waals surface area contributed by atoms with E-state index in [1.807, 2.05) is 54.6 Å². The van der Waals surface area contributed by atoms with Crippen molar-refractivity contribution in [1.82, 2.24) is 10.4 Å². The number of nitrogens with zero attached hydrogens (tertiary/aromatic N) is 2. The molecule has 0 heterocycles. The van der Waals surface area contributed by atoms with Crippen LogP contribution in [0.4, 0.5) is 0 Å². The largest absolute Gasteiger partial charge is 0.497 e. The normalized spacial score (nSPS) is 11.1. The number of hydrazone groups is 1. The molecule has 1 amide bonds. The zero-order valence-corrected chi connectivity index (χ0v) is 16.8. The number of ether oxygens (including phenoxy) is 1. The summed E-state index contributed by atoms with van der Waals surface area (Å²) >= 11 is 0. The Morgan fingerprint density at radius 1 is 0.967 bits per heavy atom. The molecular formula is C23H25N5O2. The van der Waals surface area contributed by atoms with Crippen LogP contribution in [0.25, 0.3) is 0 Å². The zero-order valence-electron chi connectivity index (χ0n) is 16.8. The van der Waals surface area contributed by atoms with E-state index >= 15 is 0 Å². The minimum atomic E-state index is -0.184. The number of benzene rings is 3. The first-order valence-corrected chi connectivity index (χ1v) is 9.47. The van der Waals surface area contributed by atoms with Gasteiger partial charge in [-0.2, -0.15) is 0 Å².